The first-order valence-corrected chi connectivity index (χ1v) is 7.57. The molecule has 18 heavy (non-hydrogen) atoms. The Labute approximate surface area is 107 Å². The molecule has 0 saturated carbocycles. The third-order valence-corrected chi connectivity index (χ3v) is 4.35. The first-order chi connectivity index (χ1) is 8.63. The predicted molar refractivity (Wildman–Crippen MR) is 69.1 cm³/mol. The van der Waals surface area contributed by atoms with E-state index < -0.39 is 10.0 Å². The maximum Gasteiger partial charge on any atom is 0.240 e. The summed E-state index contributed by atoms with van der Waals surface area (Å²) in [5.41, 5.74) is 6.32. The van der Waals surface area contributed by atoms with E-state index in [1.165, 1.54) is 0 Å². The first-order valence-electron chi connectivity index (χ1n) is 6.09. The van der Waals surface area contributed by atoms with Crippen molar-refractivity contribution >= 4 is 10.0 Å². The summed E-state index contributed by atoms with van der Waals surface area (Å²) in [4.78, 5) is 0.305. The molecular weight excluding hydrogens is 252 g/mol. The van der Waals surface area contributed by atoms with Gasteiger partial charge in [0.15, 0.2) is 0 Å². The number of unbranched alkanes of at least 4 members (excludes halogenated alkanes) is 1. The highest BCUT2D eigenvalue weighted by molar-refractivity contribution is 7.89. The molecule has 100 valence electrons. The molecule has 0 aliphatic carbocycles. The minimum atomic E-state index is -3.41. The Bertz CT molecular complexity index is 514. The van der Waals surface area contributed by atoms with Gasteiger partial charge in [-0.3, -0.25) is 0 Å². The number of rotatable bonds is 6. The monoisotopic (exact) mass is 270 g/mol. The summed E-state index contributed by atoms with van der Waals surface area (Å²) < 4.78 is 32.0. The fourth-order valence-corrected chi connectivity index (χ4v) is 3.01. The van der Waals surface area contributed by atoms with Crippen molar-refractivity contribution in [1.29, 1.82) is 0 Å². The molecule has 1 aromatic rings. The smallest absolute Gasteiger partial charge is 0.240 e. The summed E-state index contributed by atoms with van der Waals surface area (Å²) in [6.07, 6.45) is 2.34. The van der Waals surface area contributed by atoms with Crippen molar-refractivity contribution in [2.24, 2.45) is 5.73 Å². The average Bonchev–Trinajstić information content (AvgIpc) is 2.82. The minimum Gasteiger partial charge on any atom is -0.493 e. The normalized spacial score (nSPS) is 14.3. The number of fused-ring (bicyclic) bond motifs is 1. The van der Waals surface area contributed by atoms with Crippen molar-refractivity contribution in [3.05, 3.63) is 23.8 Å². The third kappa shape index (κ3) is 3.01. The lowest BCUT2D eigenvalue weighted by Gasteiger charge is -2.07. The Balaban J connectivity index is 2.05. The van der Waals surface area contributed by atoms with Gasteiger partial charge in [0.1, 0.15) is 5.75 Å². The van der Waals surface area contributed by atoms with Crippen LogP contribution in [0.4, 0.5) is 0 Å². The van der Waals surface area contributed by atoms with Gasteiger partial charge < -0.3 is 10.5 Å². The van der Waals surface area contributed by atoms with Crippen LogP contribution in [0.15, 0.2) is 23.1 Å². The summed E-state index contributed by atoms with van der Waals surface area (Å²) in [6, 6.07) is 4.99. The zero-order valence-electron chi connectivity index (χ0n) is 10.2. The molecule has 3 N–H and O–H groups in total. The number of nitrogens with one attached hydrogen (secondary N) is 1. The maximum absolute atomic E-state index is 12.0. The highest BCUT2D eigenvalue weighted by Crippen LogP contribution is 2.27. The second-order valence-corrected chi connectivity index (χ2v) is 6.03. The van der Waals surface area contributed by atoms with Gasteiger partial charge in [-0.25, -0.2) is 13.1 Å². The van der Waals surface area contributed by atoms with Gasteiger partial charge in [-0.1, -0.05) is 0 Å². The van der Waals surface area contributed by atoms with E-state index >= 15 is 0 Å². The molecule has 0 spiro atoms. The largest absolute Gasteiger partial charge is 0.493 e. The van der Waals surface area contributed by atoms with Gasteiger partial charge >= 0.3 is 0 Å². The summed E-state index contributed by atoms with van der Waals surface area (Å²) in [5, 5.41) is 0. The highest BCUT2D eigenvalue weighted by atomic mass is 32.2. The molecule has 1 heterocycles. The van der Waals surface area contributed by atoms with Crippen LogP contribution in [0, 0.1) is 0 Å². The fourth-order valence-electron chi connectivity index (χ4n) is 1.89. The summed E-state index contributed by atoms with van der Waals surface area (Å²) in [7, 11) is -3.41. The molecule has 0 bridgehead atoms. The van der Waals surface area contributed by atoms with Gasteiger partial charge in [-0.05, 0) is 43.1 Å². The van der Waals surface area contributed by atoms with Crippen LogP contribution in [0.3, 0.4) is 0 Å². The third-order valence-electron chi connectivity index (χ3n) is 2.89. The lowest BCUT2D eigenvalue weighted by molar-refractivity contribution is 0.356. The van der Waals surface area contributed by atoms with E-state index in [-0.39, 0.29) is 0 Å². The number of hydrogen-bond donors (Lipinski definition) is 2. The number of sulfonamides is 1. The van der Waals surface area contributed by atoms with Gasteiger partial charge in [0, 0.05) is 13.0 Å². The van der Waals surface area contributed by atoms with Crippen molar-refractivity contribution in [3.63, 3.8) is 0 Å². The van der Waals surface area contributed by atoms with E-state index in [4.69, 9.17) is 10.5 Å². The molecule has 0 fully saturated rings. The molecule has 6 heteroatoms. The van der Waals surface area contributed by atoms with Crippen LogP contribution in [-0.4, -0.2) is 28.1 Å². The van der Waals surface area contributed by atoms with Gasteiger partial charge in [0.25, 0.3) is 0 Å². The molecule has 1 aliphatic heterocycles. The van der Waals surface area contributed by atoms with E-state index in [9.17, 15) is 8.42 Å². The molecule has 2 rings (SSSR count). The summed E-state index contributed by atoms with van der Waals surface area (Å²) in [5.74, 6) is 0.789. The lowest BCUT2D eigenvalue weighted by Crippen LogP contribution is -2.25. The molecule has 0 saturated heterocycles. The zero-order valence-corrected chi connectivity index (χ0v) is 11.0. The molecule has 5 nitrogen and oxygen atoms in total. The van der Waals surface area contributed by atoms with Crippen molar-refractivity contribution in [2.45, 2.75) is 24.2 Å². The van der Waals surface area contributed by atoms with Crippen molar-refractivity contribution in [3.8, 4) is 5.75 Å². The van der Waals surface area contributed by atoms with Crippen LogP contribution in [0.1, 0.15) is 18.4 Å². The summed E-state index contributed by atoms with van der Waals surface area (Å²) in [6.45, 7) is 1.63. The Morgan fingerprint density at radius 3 is 2.94 bits per heavy atom. The van der Waals surface area contributed by atoms with Crippen molar-refractivity contribution in [2.75, 3.05) is 19.7 Å². The molecule has 1 aromatic carbocycles. The Morgan fingerprint density at radius 1 is 1.33 bits per heavy atom. The second-order valence-electron chi connectivity index (χ2n) is 4.26. The molecular formula is C12H18N2O3S. The maximum atomic E-state index is 12.0. The van der Waals surface area contributed by atoms with Crippen LogP contribution in [-0.2, 0) is 16.4 Å². The quantitative estimate of drug-likeness (QED) is 0.743. The fraction of sp³-hybridized carbons (Fsp3) is 0.500. The number of nitrogens with two attached hydrogens (primary N) is 1. The molecule has 0 amide bonds. The Morgan fingerprint density at radius 2 is 2.17 bits per heavy atom. The molecule has 0 unspecified atom stereocenters. The van der Waals surface area contributed by atoms with Gasteiger partial charge in [-0.15, -0.1) is 0 Å². The Kier molecular flexibility index (Phi) is 4.21. The SMILES string of the molecule is NCCCCNS(=O)(=O)c1ccc2c(c1)CCO2. The molecule has 0 atom stereocenters. The topological polar surface area (TPSA) is 81.4 Å². The van der Waals surface area contributed by atoms with Crippen LogP contribution >= 0.6 is 0 Å². The highest BCUT2D eigenvalue weighted by Gasteiger charge is 2.18. The van der Waals surface area contributed by atoms with Crippen molar-refractivity contribution in [1.82, 2.24) is 4.72 Å². The van der Waals surface area contributed by atoms with Gasteiger partial charge in [0.05, 0.1) is 11.5 Å². The van der Waals surface area contributed by atoms with Crippen LogP contribution in [0.5, 0.6) is 5.75 Å². The number of ether oxygens (including phenoxy) is 1. The first kappa shape index (κ1) is 13.3. The predicted octanol–water partition coefficient (Wildman–Crippen LogP) is 0.639. The second kappa shape index (κ2) is 5.69. The molecule has 1 aliphatic rings. The molecule has 0 aromatic heterocycles. The van der Waals surface area contributed by atoms with Crippen LogP contribution < -0.4 is 15.2 Å². The van der Waals surface area contributed by atoms with E-state index in [0.29, 0.717) is 24.6 Å². The van der Waals surface area contributed by atoms with E-state index in [1.54, 1.807) is 18.2 Å². The van der Waals surface area contributed by atoms with E-state index in [2.05, 4.69) is 4.72 Å². The van der Waals surface area contributed by atoms with E-state index in [1.807, 2.05) is 0 Å². The van der Waals surface area contributed by atoms with Crippen LogP contribution in [0.2, 0.25) is 0 Å². The van der Waals surface area contributed by atoms with Gasteiger partial charge in [0.2, 0.25) is 10.0 Å². The van der Waals surface area contributed by atoms with Crippen LogP contribution in [0.25, 0.3) is 0 Å². The van der Waals surface area contributed by atoms with Crippen molar-refractivity contribution < 1.29 is 13.2 Å². The number of benzene rings is 1. The van der Waals surface area contributed by atoms with E-state index in [0.717, 1.165) is 30.6 Å². The van der Waals surface area contributed by atoms with Gasteiger partial charge in [-0.2, -0.15) is 0 Å². The zero-order chi connectivity index (χ0) is 13.0. The molecule has 0 radical (unpaired) electrons. The number of hydrogen-bond acceptors (Lipinski definition) is 4. The lowest BCUT2D eigenvalue weighted by atomic mass is 10.2. The standard InChI is InChI=1S/C12H18N2O3S/c13-6-1-2-7-14-18(15,16)11-3-4-12-10(9-11)5-8-17-12/h3-4,9,14H,1-2,5-8,13H2. The summed E-state index contributed by atoms with van der Waals surface area (Å²) >= 11 is 0. The Hall–Kier alpha value is -1.11. The minimum absolute atomic E-state index is 0.305. The average molecular weight is 270 g/mol.